The molecule has 1 aromatic rings. The summed E-state index contributed by atoms with van der Waals surface area (Å²) in [5.41, 5.74) is 0.628. The van der Waals surface area contributed by atoms with Crippen molar-refractivity contribution in [2.24, 2.45) is 4.99 Å². The third-order valence-corrected chi connectivity index (χ3v) is 3.72. The molecule has 0 radical (unpaired) electrons. The summed E-state index contributed by atoms with van der Waals surface area (Å²) in [4.78, 5) is 4.34. The molecule has 96 valence electrons. The number of benzene rings is 1. The highest BCUT2D eigenvalue weighted by molar-refractivity contribution is 6.31. The minimum Gasteiger partial charge on any atom is -0.353 e. The van der Waals surface area contributed by atoms with Gasteiger partial charge < -0.3 is 10.6 Å². The van der Waals surface area contributed by atoms with Crippen LogP contribution in [-0.2, 0) is 0 Å². The van der Waals surface area contributed by atoms with Crippen LogP contribution >= 0.6 is 11.6 Å². The van der Waals surface area contributed by atoms with Gasteiger partial charge >= 0.3 is 0 Å². The lowest BCUT2D eigenvalue weighted by Gasteiger charge is -2.09. The maximum Gasteiger partial charge on any atom is 0.191 e. The van der Waals surface area contributed by atoms with Crippen molar-refractivity contribution in [3.05, 3.63) is 34.6 Å². The normalized spacial score (nSPS) is 29.7. The quantitative estimate of drug-likeness (QED) is 0.862. The third kappa shape index (κ3) is 2.17. The van der Waals surface area contributed by atoms with E-state index in [0.29, 0.717) is 16.6 Å². The van der Waals surface area contributed by atoms with E-state index in [1.165, 1.54) is 6.07 Å². The Morgan fingerprint density at radius 3 is 3.00 bits per heavy atom. The highest BCUT2D eigenvalue weighted by Gasteiger charge is 2.42. The summed E-state index contributed by atoms with van der Waals surface area (Å²) < 4.78 is 13.7. The van der Waals surface area contributed by atoms with Gasteiger partial charge in [-0.15, -0.1) is 0 Å². The average Bonchev–Trinajstić information content (AvgIpc) is 2.92. The summed E-state index contributed by atoms with van der Waals surface area (Å²) in [7, 11) is 0. The van der Waals surface area contributed by atoms with Crippen molar-refractivity contribution in [1.29, 1.82) is 0 Å². The molecule has 1 fully saturated rings. The Hall–Kier alpha value is -1.29. The number of aliphatic imine (C=N–C) groups is 1. The zero-order valence-electron chi connectivity index (χ0n) is 10.1. The average molecular weight is 268 g/mol. The van der Waals surface area contributed by atoms with Crippen LogP contribution in [0.15, 0.2) is 23.2 Å². The number of halogens is 2. The number of guanidine groups is 1. The van der Waals surface area contributed by atoms with Crippen molar-refractivity contribution in [1.82, 2.24) is 10.6 Å². The van der Waals surface area contributed by atoms with Gasteiger partial charge in [0.1, 0.15) is 5.82 Å². The second-order valence-corrected chi connectivity index (χ2v) is 5.37. The number of nitrogens with one attached hydrogen (secondary N) is 2. The highest BCUT2D eigenvalue weighted by atomic mass is 35.5. The van der Waals surface area contributed by atoms with E-state index in [1.807, 2.05) is 0 Å². The van der Waals surface area contributed by atoms with Gasteiger partial charge in [-0.1, -0.05) is 17.7 Å². The van der Waals surface area contributed by atoms with Crippen LogP contribution in [0, 0.1) is 5.82 Å². The van der Waals surface area contributed by atoms with Crippen LogP contribution in [0.1, 0.15) is 24.8 Å². The summed E-state index contributed by atoms with van der Waals surface area (Å²) in [6.07, 6.45) is 0.899. The first-order valence-electron chi connectivity index (χ1n) is 6.16. The SMILES string of the molecule is CC1CN=C(NC2CC2c2c(F)cccc2Cl)N1. The van der Waals surface area contributed by atoms with Gasteiger partial charge in [-0.2, -0.15) is 0 Å². The number of nitrogens with zero attached hydrogens (tertiary/aromatic N) is 1. The van der Waals surface area contributed by atoms with E-state index in [4.69, 9.17) is 11.6 Å². The number of hydrogen-bond donors (Lipinski definition) is 2. The molecule has 3 rings (SSSR count). The summed E-state index contributed by atoms with van der Waals surface area (Å²) in [5.74, 6) is 0.757. The Morgan fingerprint density at radius 2 is 2.33 bits per heavy atom. The van der Waals surface area contributed by atoms with Gasteiger partial charge in [-0.25, -0.2) is 4.39 Å². The van der Waals surface area contributed by atoms with Crippen molar-refractivity contribution in [3.8, 4) is 0 Å². The molecular weight excluding hydrogens is 253 g/mol. The van der Waals surface area contributed by atoms with Crippen molar-refractivity contribution in [2.75, 3.05) is 6.54 Å². The monoisotopic (exact) mass is 267 g/mol. The van der Waals surface area contributed by atoms with Gasteiger partial charge in [-0.3, -0.25) is 4.99 Å². The van der Waals surface area contributed by atoms with Gasteiger partial charge in [0.25, 0.3) is 0 Å². The van der Waals surface area contributed by atoms with E-state index in [2.05, 4.69) is 22.5 Å². The molecule has 1 aromatic carbocycles. The zero-order valence-corrected chi connectivity index (χ0v) is 10.8. The Bertz CT molecular complexity index is 483. The van der Waals surface area contributed by atoms with Gasteiger partial charge in [-0.05, 0) is 25.5 Å². The molecule has 3 unspecified atom stereocenters. The maximum atomic E-state index is 13.7. The largest absolute Gasteiger partial charge is 0.353 e. The van der Waals surface area contributed by atoms with Crippen molar-refractivity contribution >= 4 is 17.6 Å². The molecule has 0 bridgehead atoms. The van der Waals surface area contributed by atoms with Crippen LogP contribution in [0.25, 0.3) is 0 Å². The lowest BCUT2D eigenvalue weighted by molar-refractivity contribution is 0.608. The summed E-state index contributed by atoms with van der Waals surface area (Å²) in [6, 6.07) is 5.45. The third-order valence-electron chi connectivity index (χ3n) is 3.39. The standard InChI is InChI=1S/C13H15ClFN3/c1-7-6-16-13(17-7)18-11-5-8(11)12-9(14)3-2-4-10(12)15/h2-4,7-8,11H,5-6H2,1H3,(H2,16,17,18). The Balaban J connectivity index is 1.67. The molecule has 0 amide bonds. The smallest absolute Gasteiger partial charge is 0.191 e. The lowest BCUT2D eigenvalue weighted by Crippen LogP contribution is -2.39. The van der Waals surface area contributed by atoms with Crippen LogP contribution < -0.4 is 10.6 Å². The molecule has 3 nitrogen and oxygen atoms in total. The van der Waals surface area contributed by atoms with Crippen LogP contribution in [-0.4, -0.2) is 24.6 Å². The number of hydrogen-bond acceptors (Lipinski definition) is 3. The molecule has 0 aromatic heterocycles. The van der Waals surface area contributed by atoms with Gasteiger partial charge in [0.2, 0.25) is 0 Å². The second-order valence-electron chi connectivity index (χ2n) is 4.96. The molecule has 3 atom stereocenters. The highest BCUT2D eigenvalue weighted by Crippen LogP contribution is 2.44. The summed E-state index contributed by atoms with van der Waals surface area (Å²) in [6.45, 7) is 2.87. The first-order chi connectivity index (χ1) is 8.65. The number of rotatable bonds is 2. The molecule has 0 spiro atoms. The van der Waals surface area contributed by atoms with E-state index >= 15 is 0 Å². The van der Waals surface area contributed by atoms with Gasteiger partial charge in [0.15, 0.2) is 5.96 Å². The van der Waals surface area contributed by atoms with E-state index in [1.54, 1.807) is 12.1 Å². The van der Waals surface area contributed by atoms with Gasteiger partial charge in [0, 0.05) is 28.6 Å². The fourth-order valence-corrected chi connectivity index (χ4v) is 2.66. The molecule has 1 heterocycles. The van der Waals surface area contributed by atoms with E-state index < -0.39 is 0 Å². The van der Waals surface area contributed by atoms with E-state index in [0.717, 1.165) is 18.9 Å². The fourth-order valence-electron chi connectivity index (χ4n) is 2.35. The maximum absolute atomic E-state index is 13.7. The van der Waals surface area contributed by atoms with Crippen LogP contribution in [0.4, 0.5) is 4.39 Å². The van der Waals surface area contributed by atoms with Crippen LogP contribution in [0.3, 0.4) is 0 Å². The molecule has 2 N–H and O–H groups in total. The first-order valence-corrected chi connectivity index (χ1v) is 6.54. The Labute approximate surface area is 110 Å². The predicted octanol–water partition coefficient (Wildman–Crippen LogP) is 2.27. The first kappa shape index (κ1) is 11.8. The molecule has 1 aliphatic carbocycles. The molecule has 1 aliphatic heterocycles. The van der Waals surface area contributed by atoms with Crippen LogP contribution in [0.5, 0.6) is 0 Å². The van der Waals surface area contributed by atoms with Gasteiger partial charge in [0.05, 0.1) is 6.54 Å². The minimum atomic E-state index is -0.216. The second kappa shape index (κ2) is 4.43. The molecule has 18 heavy (non-hydrogen) atoms. The predicted molar refractivity (Wildman–Crippen MR) is 70.6 cm³/mol. The molecule has 5 heteroatoms. The fraction of sp³-hybridized carbons (Fsp3) is 0.462. The van der Waals surface area contributed by atoms with E-state index in [-0.39, 0.29) is 17.8 Å². The minimum absolute atomic E-state index is 0.152. The van der Waals surface area contributed by atoms with E-state index in [9.17, 15) is 4.39 Å². The summed E-state index contributed by atoms with van der Waals surface area (Å²) >= 11 is 6.06. The van der Waals surface area contributed by atoms with Crippen molar-refractivity contribution in [3.63, 3.8) is 0 Å². The molecular formula is C13H15ClFN3. The Morgan fingerprint density at radius 1 is 1.50 bits per heavy atom. The van der Waals surface area contributed by atoms with Crippen LogP contribution in [0.2, 0.25) is 5.02 Å². The van der Waals surface area contributed by atoms with Crippen molar-refractivity contribution < 1.29 is 4.39 Å². The molecule has 1 saturated carbocycles. The zero-order chi connectivity index (χ0) is 12.7. The Kier molecular flexibility index (Phi) is 2.90. The summed E-state index contributed by atoms with van der Waals surface area (Å²) in [5, 5.41) is 7.05. The van der Waals surface area contributed by atoms with Crippen molar-refractivity contribution in [2.45, 2.75) is 31.3 Å². The topological polar surface area (TPSA) is 36.4 Å². The lowest BCUT2D eigenvalue weighted by atomic mass is 10.1. The molecule has 2 aliphatic rings. The molecule has 0 saturated heterocycles.